The summed E-state index contributed by atoms with van der Waals surface area (Å²) in [5.41, 5.74) is 1.07. The van der Waals surface area contributed by atoms with Crippen LogP contribution in [-0.2, 0) is 10.0 Å². The van der Waals surface area contributed by atoms with Crippen LogP contribution in [0.2, 0.25) is 0 Å². The molecule has 0 saturated carbocycles. The third-order valence-electron chi connectivity index (χ3n) is 3.32. The molecule has 5 heteroatoms. The monoisotopic (exact) mass is 268 g/mol. The Morgan fingerprint density at radius 3 is 2.56 bits per heavy atom. The molecule has 0 spiro atoms. The lowest BCUT2D eigenvalue weighted by Gasteiger charge is -2.19. The Bertz CT molecular complexity index is 496. The first-order valence-electron chi connectivity index (χ1n) is 6.30. The molecule has 1 heterocycles. The summed E-state index contributed by atoms with van der Waals surface area (Å²) >= 11 is 0. The van der Waals surface area contributed by atoms with Gasteiger partial charge in [-0.3, -0.25) is 0 Å². The van der Waals surface area contributed by atoms with E-state index in [2.05, 4.69) is 12.2 Å². The molecule has 100 valence electrons. The fourth-order valence-corrected chi connectivity index (χ4v) is 3.54. The fourth-order valence-electron chi connectivity index (χ4n) is 2.09. The standard InChI is InChI=1S/C13H20N2O2S/c1-11-3-5-13(6-4-11)18(16,17)15-9-7-12(2)14-8-10-15/h3-6,12,14H,7-10H2,1-2H3/t12-/m1/s1. The largest absolute Gasteiger partial charge is 0.313 e. The highest BCUT2D eigenvalue weighted by atomic mass is 32.2. The number of sulfonamides is 1. The molecule has 1 fully saturated rings. The summed E-state index contributed by atoms with van der Waals surface area (Å²) in [6.45, 7) is 5.88. The predicted molar refractivity (Wildman–Crippen MR) is 72.0 cm³/mol. The maximum atomic E-state index is 12.5. The summed E-state index contributed by atoms with van der Waals surface area (Å²) in [7, 11) is -3.33. The van der Waals surface area contributed by atoms with Crippen LogP contribution in [0.15, 0.2) is 29.2 Å². The summed E-state index contributed by atoms with van der Waals surface area (Å²) in [6.07, 6.45) is 0.852. The van der Waals surface area contributed by atoms with Crippen molar-refractivity contribution in [3.63, 3.8) is 0 Å². The smallest absolute Gasteiger partial charge is 0.243 e. The highest BCUT2D eigenvalue weighted by Crippen LogP contribution is 2.17. The number of nitrogens with zero attached hydrogens (tertiary/aromatic N) is 1. The first-order chi connectivity index (χ1) is 8.50. The molecule has 18 heavy (non-hydrogen) atoms. The highest BCUT2D eigenvalue weighted by Gasteiger charge is 2.26. The molecular formula is C13H20N2O2S. The SMILES string of the molecule is Cc1ccc(S(=O)(=O)N2CCN[C@H](C)CC2)cc1. The van der Waals surface area contributed by atoms with Crippen LogP contribution in [0.3, 0.4) is 0 Å². The second-order valence-electron chi connectivity index (χ2n) is 4.86. The molecule has 1 saturated heterocycles. The summed E-state index contributed by atoms with van der Waals surface area (Å²) < 4.78 is 26.5. The maximum Gasteiger partial charge on any atom is 0.243 e. The van der Waals surface area contributed by atoms with Gasteiger partial charge in [0.15, 0.2) is 0 Å². The number of hydrogen-bond acceptors (Lipinski definition) is 3. The second-order valence-corrected chi connectivity index (χ2v) is 6.80. The topological polar surface area (TPSA) is 49.4 Å². The Morgan fingerprint density at radius 1 is 1.22 bits per heavy atom. The molecule has 1 aromatic carbocycles. The van der Waals surface area contributed by atoms with Crippen LogP contribution in [0.1, 0.15) is 18.9 Å². The van der Waals surface area contributed by atoms with Gasteiger partial charge in [-0.25, -0.2) is 8.42 Å². The minimum Gasteiger partial charge on any atom is -0.313 e. The van der Waals surface area contributed by atoms with Gasteiger partial charge < -0.3 is 5.32 Å². The molecule has 1 aliphatic rings. The van der Waals surface area contributed by atoms with Crippen molar-refractivity contribution in [3.05, 3.63) is 29.8 Å². The zero-order valence-corrected chi connectivity index (χ0v) is 11.7. The van der Waals surface area contributed by atoms with E-state index in [-0.39, 0.29) is 0 Å². The molecule has 1 atom stereocenters. The van der Waals surface area contributed by atoms with Gasteiger partial charge in [-0.2, -0.15) is 4.31 Å². The van der Waals surface area contributed by atoms with Crippen LogP contribution < -0.4 is 5.32 Å². The van der Waals surface area contributed by atoms with Gasteiger partial charge >= 0.3 is 0 Å². The van der Waals surface area contributed by atoms with Crippen LogP contribution in [-0.4, -0.2) is 38.4 Å². The molecule has 0 aliphatic carbocycles. The van der Waals surface area contributed by atoms with Crippen molar-refractivity contribution in [2.45, 2.75) is 31.2 Å². The molecule has 2 rings (SSSR count). The molecule has 0 aromatic heterocycles. The first-order valence-corrected chi connectivity index (χ1v) is 7.74. The zero-order valence-electron chi connectivity index (χ0n) is 10.9. The molecular weight excluding hydrogens is 248 g/mol. The predicted octanol–water partition coefficient (Wildman–Crippen LogP) is 1.37. The molecule has 4 nitrogen and oxygen atoms in total. The maximum absolute atomic E-state index is 12.5. The van der Waals surface area contributed by atoms with E-state index in [1.54, 1.807) is 16.4 Å². The van der Waals surface area contributed by atoms with Crippen molar-refractivity contribution in [2.75, 3.05) is 19.6 Å². The van der Waals surface area contributed by atoms with Gasteiger partial charge in [-0.05, 0) is 32.4 Å². The van der Waals surface area contributed by atoms with E-state index in [1.807, 2.05) is 19.1 Å². The molecule has 1 aliphatic heterocycles. The van der Waals surface area contributed by atoms with Gasteiger partial charge in [0.25, 0.3) is 0 Å². The van der Waals surface area contributed by atoms with Gasteiger partial charge in [-0.15, -0.1) is 0 Å². The van der Waals surface area contributed by atoms with Crippen molar-refractivity contribution >= 4 is 10.0 Å². The van der Waals surface area contributed by atoms with E-state index in [9.17, 15) is 8.42 Å². The van der Waals surface area contributed by atoms with Crippen molar-refractivity contribution in [1.82, 2.24) is 9.62 Å². The van der Waals surface area contributed by atoms with Gasteiger partial charge in [0.1, 0.15) is 0 Å². The molecule has 0 bridgehead atoms. The average molecular weight is 268 g/mol. The first kappa shape index (κ1) is 13.5. The third kappa shape index (κ3) is 2.91. The van der Waals surface area contributed by atoms with Crippen LogP contribution >= 0.6 is 0 Å². The lowest BCUT2D eigenvalue weighted by molar-refractivity contribution is 0.429. The van der Waals surface area contributed by atoms with Crippen LogP contribution in [0.25, 0.3) is 0 Å². The van der Waals surface area contributed by atoms with E-state index in [0.29, 0.717) is 30.6 Å². The van der Waals surface area contributed by atoms with Gasteiger partial charge in [0, 0.05) is 25.7 Å². The summed E-state index contributed by atoms with van der Waals surface area (Å²) in [6, 6.07) is 7.43. The average Bonchev–Trinajstić information content (AvgIpc) is 2.55. The molecule has 0 radical (unpaired) electrons. The number of hydrogen-bond donors (Lipinski definition) is 1. The second kappa shape index (κ2) is 5.38. The lowest BCUT2D eigenvalue weighted by atomic mass is 10.2. The Kier molecular flexibility index (Phi) is 4.04. The van der Waals surface area contributed by atoms with Crippen molar-refractivity contribution < 1.29 is 8.42 Å². The van der Waals surface area contributed by atoms with Gasteiger partial charge in [0.2, 0.25) is 10.0 Å². The van der Waals surface area contributed by atoms with E-state index in [0.717, 1.165) is 12.0 Å². The van der Waals surface area contributed by atoms with Gasteiger partial charge in [0.05, 0.1) is 4.90 Å². The van der Waals surface area contributed by atoms with Crippen molar-refractivity contribution in [3.8, 4) is 0 Å². The Morgan fingerprint density at radius 2 is 1.89 bits per heavy atom. The molecule has 0 unspecified atom stereocenters. The lowest BCUT2D eigenvalue weighted by Crippen LogP contribution is -2.34. The normalized spacial score (nSPS) is 22.7. The minimum atomic E-state index is -3.33. The number of benzene rings is 1. The van der Waals surface area contributed by atoms with Crippen molar-refractivity contribution in [2.24, 2.45) is 0 Å². The molecule has 1 aromatic rings. The van der Waals surface area contributed by atoms with Gasteiger partial charge in [-0.1, -0.05) is 17.7 Å². The summed E-state index contributed by atoms with van der Waals surface area (Å²) in [5, 5.41) is 3.30. The van der Waals surface area contributed by atoms with Crippen LogP contribution in [0.5, 0.6) is 0 Å². The highest BCUT2D eigenvalue weighted by molar-refractivity contribution is 7.89. The Hall–Kier alpha value is -0.910. The zero-order chi connectivity index (χ0) is 13.2. The van der Waals surface area contributed by atoms with E-state index in [1.165, 1.54) is 0 Å². The fraction of sp³-hybridized carbons (Fsp3) is 0.538. The summed E-state index contributed by atoms with van der Waals surface area (Å²) in [4.78, 5) is 0.391. The third-order valence-corrected chi connectivity index (χ3v) is 5.24. The quantitative estimate of drug-likeness (QED) is 0.881. The number of rotatable bonds is 2. The number of nitrogens with one attached hydrogen (secondary N) is 1. The summed E-state index contributed by atoms with van der Waals surface area (Å²) in [5.74, 6) is 0. The number of aryl methyl sites for hydroxylation is 1. The van der Waals surface area contributed by atoms with E-state index < -0.39 is 10.0 Å². The van der Waals surface area contributed by atoms with Crippen LogP contribution in [0.4, 0.5) is 0 Å². The van der Waals surface area contributed by atoms with Crippen molar-refractivity contribution in [1.29, 1.82) is 0 Å². The van der Waals surface area contributed by atoms with E-state index in [4.69, 9.17) is 0 Å². The van der Waals surface area contributed by atoms with E-state index >= 15 is 0 Å². The molecule has 1 N–H and O–H groups in total. The Labute approximate surface area is 109 Å². The Balaban J connectivity index is 2.22. The minimum absolute atomic E-state index is 0.378. The molecule has 0 amide bonds. The van der Waals surface area contributed by atoms with Crippen LogP contribution in [0, 0.1) is 6.92 Å².